The minimum Gasteiger partial charge on any atom is -0.481 e. The molecule has 0 spiro atoms. The number of nitrogens with zero attached hydrogens (tertiary/aromatic N) is 3. The predicted molar refractivity (Wildman–Crippen MR) is 38.4 cm³/mol. The molecule has 0 unspecified atom stereocenters. The molecule has 1 radical (unpaired) electrons. The van der Waals surface area contributed by atoms with E-state index < -0.39 is 0 Å². The van der Waals surface area contributed by atoms with E-state index in [4.69, 9.17) is 4.74 Å². The number of aromatic nitrogens is 3. The topological polar surface area (TPSA) is 39.4 Å². The molecule has 55 valence electrons. The summed E-state index contributed by atoms with van der Waals surface area (Å²) in [7, 11) is 1.57. The molecule has 2 aromatic rings. The zero-order valence-electron chi connectivity index (χ0n) is 5.98. The van der Waals surface area contributed by atoms with Gasteiger partial charge in [-0.05, 0) is 0 Å². The molecule has 0 aliphatic carbocycles. The van der Waals surface area contributed by atoms with Crippen molar-refractivity contribution in [1.29, 1.82) is 0 Å². The van der Waals surface area contributed by atoms with E-state index >= 15 is 0 Å². The van der Waals surface area contributed by atoms with Gasteiger partial charge in [-0.3, -0.25) is 4.40 Å². The van der Waals surface area contributed by atoms with Crippen LogP contribution in [0.3, 0.4) is 0 Å². The van der Waals surface area contributed by atoms with Crippen molar-refractivity contribution in [1.82, 2.24) is 14.4 Å². The fraction of sp³-hybridized carbons (Fsp3) is 0.143. The Balaban J connectivity index is 2.67. The number of rotatable bonds is 1. The second-order valence-electron chi connectivity index (χ2n) is 2.07. The molecular formula is C7H6N3O. The van der Waals surface area contributed by atoms with Gasteiger partial charge in [-0.15, -0.1) is 0 Å². The Morgan fingerprint density at radius 3 is 3.36 bits per heavy atom. The largest absolute Gasteiger partial charge is 0.481 e. The highest BCUT2D eigenvalue weighted by Gasteiger charge is 1.96. The first kappa shape index (κ1) is 6.15. The van der Waals surface area contributed by atoms with E-state index in [1.165, 1.54) is 0 Å². The molecular weight excluding hydrogens is 142 g/mol. The smallest absolute Gasteiger partial charge is 0.218 e. The highest BCUT2D eigenvalue weighted by Crippen LogP contribution is 2.07. The first-order chi connectivity index (χ1) is 5.40. The van der Waals surface area contributed by atoms with Gasteiger partial charge in [-0.2, -0.15) is 0 Å². The van der Waals surface area contributed by atoms with Crippen LogP contribution < -0.4 is 4.74 Å². The third kappa shape index (κ3) is 0.920. The van der Waals surface area contributed by atoms with Crippen LogP contribution in [-0.4, -0.2) is 21.5 Å². The van der Waals surface area contributed by atoms with Crippen molar-refractivity contribution in [3.05, 3.63) is 24.8 Å². The van der Waals surface area contributed by atoms with Gasteiger partial charge in [0.2, 0.25) is 5.88 Å². The summed E-state index contributed by atoms with van der Waals surface area (Å²) in [4.78, 5) is 7.92. The van der Waals surface area contributed by atoms with Crippen LogP contribution in [0.2, 0.25) is 0 Å². The molecule has 0 bridgehead atoms. The Bertz CT molecular complexity index is 368. The third-order valence-corrected chi connectivity index (χ3v) is 1.41. The normalized spacial score (nSPS) is 10.3. The molecule has 11 heavy (non-hydrogen) atoms. The van der Waals surface area contributed by atoms with E-state index in [1.54, 1.807) is 30.1 Å². The first-order valence-electron chi connectivity index (χ1n) is 3.15. The number of hydrogen-bond donors (Lipinski definition) is 0. The van der Waals surface area contributed by atoms with Gasteiger partial charge in [0.1, 0.15) is 18.2 Å². The van der Waals surface area contributed by atoms with Crippen LogP contribution in [0.25, 0.3) is 5.65 Å². The summed E-state index contributed by atoms with van der Waals surface area (Å²) in [6.45, 7) is 0. The van der Waals surface area contributed by atoms with Crippen LogP contribution in [0.1, 0.15) is 0 Å². The summed E-state index contributed by atoms with van der Waals surface area (Å²) in [5.74, 6) is 0.567. The molecule has 0 aliphatic heterocycles. The molecule has 0 atom stereocenters. The SMILES string of the molecule is COc1cc2n[c]cn2cn1. The summed E-state index contributed by atoms with van der Waals surface area (Å²) in [5.41, 5.74) is 0.789. The Morgan fingerprint density at radius 1 is 1.64 bits per heavy atom. The number of methoxy groups -OCH3 is 1. The van der Waals surface area contributed by atoms with E-state index in [-0.39, 0.29) is 0 Å². The van der Waals surface area contributed by atoms with E-state index in [0.717, 1.165) is 5.65 Å². The van der Waals surface area contributed by atoms with E-state index in [0.29, 0.717) is 5.88 Å². The average molecular weight is 148 g/mol. The van der Waals surface area contributed by atoms with Crippen LogP contribution in [0.15, 0.2) is 18.6 Å². The van der Waals surface area contributed by atoms with Crippen molar-refractivity contribution in [2.24, 2.45) is 0 Å². The molecule has 0 saturated heterocycles. The van der Waals surface area contributed by atoms with Gasteiger partial charge >= 0.3 is 0 Å². The molecule has 2 heterocycles. The average Bonchev–Trinajstić information content (AvgIpc) is 2.50. The Morgan fingerprint density at radius 2 is 2.55 bits per heavy atom. The Hall–Kier alpha value is -1.58. The van der Waals surface area contributed by atoms with Crippen LogP contribution in [0, 0.1) is 6.20 Å². The summed E-state index contributed by atoms with van der Waals surface area (Å²) in [5, 5.41) is 0. The minimum atomic E-state index is 0.567. The number of hydrogen-bond acceptors (Lipinski definition) is 3. The number of ether oxygens (including phenoxy) is 1. The fourth-order valence-electron chi connectivity index (χ4n) is 0.859. The molecule has 0 saturated carbocycles. The lowest BCUT2D eigenvalue weighted by Crippen LogP contribution is -1.90. The maximum absolute atomic E-state index is 4.91. The van der Waals surface area contributed by atoms with Gasteiger partial charge in [-0.1, -0.05) is 0 Å². The van der Waals surface area contributed by atoms with Gasteiger partial charge in [0.15, 0.2) is 0 Å². The first-order valence-corrected chi connectivity index (χ1v) is 3.15. The van der Waals surface area contributed by atoms with Crippen molar-refractivity contribution in [3.8, 4) is 5.88 Å². The maximum atomic E-state index is 4.91. The zero-order valence-corrected chi connectivity index (χ0v) is 5.98. The molecule has 4 heteroatoms. The lowest BCUT2D eigenvalue weighted by molar-refractivity contribution is 0.397. The number of imidazole rings is 1. The second-order valence-corrected chi connectivity index (χ2v) is 2.07. The van der Waals surface area contributed by atoms with Gasteiger partial charge < -0.3 is 4.74 Å². The number of fused-ring (bicyclic) bond motifs is 1. The lowest BCUT2D eigenvalue weighted by Gasteiger charge is -1.96. The molecule has 0 fully saturated rings. The Kier molecular flexibility index (Phi) is 1.25. The minimum absolute atomic E-state index is 0.567. The quantitative estimate of drug-likeness (QED) is 0.592. The molecule has 0 aliphatic rings. The zero-order chi connectivity index (χ0) is 7.68. The lowest BCUT2D eigenvalue weighted by atomic mass is 10.6. The van der Waals surface area contributed by atoms with Crippen molar-refractivity contribution < 1.29 is 4.74 Å². The highest BCUT2D eigenvalue weighted by molar-refractivity contribution is 5.40. The highest BCUT2D eigenvalue weighted by atomic mass is 16.5. The summed E-state index contributed by atoms with van der Waals surface area (Å²) in [6.07, 6.45) is 6.05. The summed E-state index contributed by atoms with van der Waals surface area (Å²) in [6, 6.07) is 1.75. The van der Waals surface area contributed by atoms with E-state index in [9.17, 15) is 0 Å². The molecule has 0 amide bonds. The van der Waals surface area contributed by atoms with Crippen molar-refractivity contribution in [2.45, 2.75) is 0 Å². The van der Waals surface area contributed by atoms with Crippen molar-refractivity contribution in [2.75, 3.05) is 7.11 Å². The summed E-state index contributed by atoms with van der Waals surface area (Å²) < 4.78 is 6.68. The van der Waals surface area contributed by atoms with Gasteiger partial charge in [0, 0.05) is 12.3 Å². The third-order valence-electron chi connectivity index (χ3n) is 1.41. The van der Waals surface area contributed by atoms with E-state index in [2.05, 4.69) is 16.2 Å². The molecule has 4 nitrogen and oxygen atoms in total. The molecule has 2 aromatic heterocycles. The van der Waals surface area contributed by atoms with Crippen molar-refractivity contribution in [3.63, 3.8) is 0 Å². The molecule has 2 rings (SSSR count). The molecule has 0 N–H and O–H groups in total. The standard InChI is InChI=1S/C7H6N3O/c1-11-7-4-6-8-2-3-10(6)5-9-7/h3-5H,1H3. The monoisotopic (exact) mass is 148 g/mol. The Labute approximate surface area is 63.5 Å². The van der Waals surface area contributed by atoms with Gasteiger partial charge in [0.25, 0.3) is 0 Å². The summed E-state index contributed by atoms with van der Waals surface area (Å²) >= 11 is 0. The van der Waals surface area contributed by atoms with E-state index in [1.807, 2.05) is 0 Å². The van der Waals surface area contributed by atoms with Crippen LogP contribution in [-0.2, 0) is 0 Å². The van der Waals surface area contributed by atoms with Crippen LogP contribution in [0.5, 0.6) is 5.88 Å². The molecule has 0 aromatic carbocycles. The maximum Gasteiger partial charge on any atom is 0.218 e. The van der Waals surface area contributed by atoms with Crippen LogP contribution >= 0.6 is 0 Å². The van der Waals surface area contributed by atoms with Crippen LogP contribution in [0.4, 0.5) is 0 Å². The second kappa shape index (κ2) is 2.23. The van der Waals surface area contributed by atoms with Crippen molar-refractivity contribution >= 4 is 5.65 Å². The fourth-order valence-corrected chi connectivity index (χ4v) is 0.859. The predicted octanol–water partition coefficient (Wildman–Crippen LogP) is 0.538. The van der Waals surface area contributed by atoms with Gasteiger partial charge in [-0.25, -0.2) is 9.97 Å². The van der Waals surface area contributed by atoms with Gasteiger partial charge in [0.05, 0.1) is 7.11 Å².